The predicted molar refractivity (Wildman–Crippen MR) is 148 cm³/mol. The van der Waals surface area contributed by atoms with E-state index in [4.69, 9.17) is 11.6 Å². The molecule has 0 aliphatic rings. The van der Waals surface area contributed by atoms with Gasteiger partial charge in [-0.3, -0.25) is 13.9 Å². The van der Waals surface area contributed by atoms with Gasteiger partial charge in [-0.1, -0.05) is 71.8 Å². The highest BCUT2D eigenvalue weighted by atomic mass is 35.5. The monoisotopic (exact) mass is 595 g/mol. The lowest BCUT2D eigenvalue weighted by molar-refractivity contribution is -0.139. The van der Waals surface area contributed by atoms with E-state index in [2.05, 4.69) is 5.32 Å². The molecular formula is C28H29ClF3N3O4S. The van der Waals surface area contributed by atoms with Crippen molar-refractivity contribution in [3.05, 3.63) is 100 Å². The normalized spacial score (nSPS) is 12.5. The number of alkyl halides is 3. The average molecular weight is 596 g/mol. The summed E-state index contributed by atoms with van der Waals surface area (Å²) in [5.74, 6) is -1.29. The summed E-state index contributed by atoms with van der Waals surface area (Å²) in [4.78, 5) is 28.2. The van der Waals surface area contributed by atoms with Crippen LogP contribution in [0, 0.1) is 6.92 Å². The van der Waals surface area contributed by atoms with E-state index in [1.165, 1.54) is 11.9 Å². The summed E-state index contributed by atoms with van der Waals surface area (Å²) in [5, 5.41) is 2.27. The van der Waals surface area contributed by atoms with Crippen molar-refractivity contribution in [1.29, 1.82) is 0 Å². The molecule has 0 fully saturated rings. The van der Waals surface area contributed by atoms with Gasteiger partial charge in [0.05, 0.1) is 22.5 Å². The standard InChI is InChI=1S/C28H29ClF3N3O4S/c1-19-8-7-11-21(14-19)17-34(25(27(37)33-2)15-20-9-5-4-6-10-20)26(36)18-35(40(3,38)39)24-16-22(28(30,31)32)12-13-23(24)29/h4-14,16,25H,15,17-18H2,1-3H3,(H,33,37)/t25-/m0/s1. The van der Waals surface area contributed by atoms with Gasteiger partial charge in [-0.05, 0) is 36.2 Å². The van der Waals surface area contributed by atoms with E-state index in [1.807, 2.05) is 19.1 Å². The summed E-state index contributed by atoms with van der Waals surface area (Å²) in [5.41, 5.74) is 0.703. The third-order valence-corrected chi connectivity index (χ3v) is 7.62. The maximum absolute atomic E-state index is 13.9. The second kappa shape index (κ2) is 12.7. The highest BCUT2D eigenvalue weighted by Gasteiger charge is 2.35. The topological polar surface area (TPSA) is 86.8 Å². The Morgan fingerprint density at radius 1 is 0.975 bits per heavy atom. The molecule has 0 heterocycles. The molecule has 214 valence electrons. The molecule has 0 saturated carbocycles. The van der Waals surface area contributed by atoms with Crippen LogP contribution in [-0.4, -0.2) is 51.0 Å². The molecule has 0 aliphatic heterocycles. The first-order valence-electron chi connectivity index (χ1n) is 12.2. The molecule has 0 saturated heterocycles. The molecule has 2 amide bonds. The van der Waals surface area contributed by atoms with Crippen molar-refractivity contribution >= 4 is 39.1 Å². The van der Waals surface area contributed by atoms with Crippen molar-refractivity contribution in [2.45, 2.75) is 32.1 Å². The first kappa shape index (κ1) is 31.0. The summed E-state index contributed by atoms with van der Waals surface area (Å²) in [6.45, 7) is 0.921. The smallest absolute Gasteiger partial charge is 0.357 e. The van der Waals surface area contributed by atoms with Gasteiger partial charge in [-0.15, -0.1) is 0 Å². The van der Waals surface area contributed by atoms with Crippen molar-refractivity contribution in [2.75, 3.05) is 24.2 Å². The molecule has 3 rings (SSSR count). The maximum Gasteiger partial charge on any atom is 0.416 e. The average Bonchev–Trinajstić information content (AvgIpc) is 2.88. The van der Waals surface area contributed by atoms with Crippen LogP contribution in [0.4, 0.5) is 18.9 Å². The first-order valence-corrected chi connectivity index (χ1v) is 14.4. The number of likely N-dealkylation sites (N-methyl/N-ethyl adjacent to an activating group) is 1. The number of hydrogen-bond acceptors (Lipinski definition) is 4. The van der Waals surface area contributed by atoms with Crippen LogP contribution in [0.5, 0.6) is 0 Å². The molecule has 7 nitrogen and oxygen atoms in total. The molecule has 40 heavy (non-hydrogen) atoms. The van der Waals surface area contributed by atoms with Crippen LogP contribution in [0.2, 0.25) is 5.02 Å². The Kier molecular flexibility index (Phi) is 9.86. The van der Waals surface area contributed by atoms with E-state index in [9.17, 15) is 31.2 Å². The van der Waals surface area contributed by atoms with Crippen molar-refractivity contribution in [3.8, 4) is 0 Å². The Hall–Kier alpha value is -3.57. The van der Waals surface area contributed by atoms with Crippen LogP contribution in [0.15, 0.2) is 72.8 Å². The number of hydrogen-bond donors (Lipinski definition) is 1. The highest BCUT2D eigenvalue weighted by Crippen LogP contribution is 2.36. The molecule has 3 aromatic rings. The lowest BCUT2D eigenvalue weighted by Gasteiger charge is -2.33. The number of nitrogens with zero attached hydrogens (tertiary/aromatic N) is 2. The van der Waals surface area contributed by atoms with Crippen molar-refractivity contribution in [1.82, 2.24) is 10.2 Å². The molecule has 0 radical (unpaired) electrons. The maximum atomic E-state index is 13.9. The number of aryl methyl sites for hydroxylation is 1. The SMILES string of the molecule is CNC(=O)[C@H](Cc1ccccc1)N(Cc1cccc(C)c1)C(=O)CN(c1cc(C(F)(F)F)ccc1Cl)S(C)(=O)=O. The van der Waals surface area contributed by atoms with E-state index in [0.717, 1.165) is 29.5 Å². The van der Waals surface area contributed by atoms with Gasteiger partial charge in [0.2, 0.25) is 21.8 Å². The lowest BCUT2D eigenvalue weighted by atomic mass is 10.0. The molecular weight excluding hydrogens is 567 g/mol. The van der Waals surface area contributed by atoms with Gasteiger partial charge in [-0.2, -0.15) is 13.2 Å². The van der Waals surface area contributed by atoms with Gasteiger partial charge in [0.1, 0.15) is 12.6 Å². The van der Waals surface area contributed by atoms with Crippen molar-refractivity contribution in [2.24, 2.45) is 0 Å². The van der Waals surface area contributed by atoms with Gasteiger partial charge in [0.25, 0.3) is 0 Å². The Bertz CT molecular complexity index is 1470. The minimum absolute atomic E-state index is 0.0562. The number of amides is 2. The third kappa shape index (κ3) is 7.98. The van der Waals surface area contributed by atoms with Gasteiger partial charge < -0.3 is 10.2 Å². The Labute approximate surface area is 236 Å². The fraction of sp³-hybridized carbons (Fsp3) is 0.286. The van der Waals surface area contributed by atoms with Crippen LogP contribution in [-0.2, 0) is 38.8 Å². The Balaban J connectivity index is 2.09. The minimum atomic E-state index is -4.77. The number of anilines is 1. The number of carbonyl (C=O) groups is 2. The Morgan fingerprint density at radius 3 is 2.20 bits per heavy atom. The summed E-state index contributed by atoms with van der Waals surface area (Å²) in [6.07, 6.45) is -3.90. The zero-order chi connectivity index (χ0) is 29.7. The van der Waals surface area contributed by atoms with Crippen LogP contribution >= 0.6 is 11.6 Å². The zero-order valence-corrected chi connectivity index (χ0v) is 23.6. The van der Waals surface area contributed by atoms with E-state index in [0.29, 0.717) is 15.9 Å². The largest absolute Gasteiger partial charge is 0.416 e. The molecule has 0 aromatic heterocycles. The molecule has 3 aromatic carbocycles. The van der Waals surface area contributed by atoms with Crippen molar-refractivity contribution < 1.29 is 31.2 Å². The lowest BCUT2D eigenvalue weighted by Crippen LogP contribution is -2.53. The van der Waals surface area contributed by atoms with Crippen molar-refractivity contribution in [3.63, 3.8) is 0 Å². The van der Waals surface area contributed by atoms with Crippen LogP contribution < -0.4 is 9.62 Å². The van der Waals surface area contributed by atoms with E-state index < -0.39 is 51.9 Å². The molecule has 0 bridgehead atoms. The highest BCUT2D eigenvalue weighted by molar-refractivity contribution is 7.92. The number of halogens is 4. The summed E-state index contributed by atoms with van der Waals surface area (Å²) in [6, 6.07) is 17.3. The van der Waals surface area contributed by atoms with Gasteiger partial charge >= 0.3 is 6.18 Å². The third-order valence-electron chi connectivity index (χ3n) is 6.17. The summed E-state index contributed by atoms with van der Waals surface area (Å²) in [7, 11) is -2.87. The number of sulfonamides is 1. The summed E-state index contributed by atoms with van der Waals surface area (Å²) >= 11 is 6.14. The predicted octanol–water partition coefficient (Wildman–Crippen LogP) is 4.82. The number of carbonyl (C=O) groups excluding carboxylic acids is 2. The molecule has 1 N–H and O–H groups in total. The first-order chi connectivity index (χ1) is 18.7. The van der Waals surface area contributed by atoms with Gasteiger partial charge in [0.15, 0.2) is 0 Å². The fourth-order valence-electron chi connectivity index (χ4n) is 4.20. The number of rotatable bonds is 10. The second-order valence-corrected chi connectivity index (χ2v) is 11.6. The molecule has 12 heteroatoms. The second-order valence-electron chi connectivity index (χ2n) is 9.26. The van der Waals surface area contributed by atoms with Gasteiger partial charge in [0, 0.05) is 20.0 Å². The molecule has 0 aliphatic carbocycles. The van der Waals surface area contributed by atoms with Crippen LogP contribution in [0.3, 0.4) is 0 Å². The van der Waals surface area contributed by atoms with Crippen LogP contribution in [0.25, 0.3) is 0 Å². The van der Waals surface area contributed by atoms with Gasteiger partial charge in [-0.25, -0.2) is 8.42 Å². The zero-order valence-electron chi connectivity index (χ0n) is 22.1. The quantitative estimate of drug-likeness (QED) is 0.364. The fourth-order valence-corrected chi connectivity index (χ4v) is 5.33. The van der Waals surface area contributed by atoms with E-state index >= 15 is 0 Å². The number of nitrogens with one attached hydrogen (secondary N) is 1. The van der Waals surface area contributed by atoms with Crippen LogP contribution in [0.1, 0.15) is 22.3 Å². The molecule has 1 atom stereocenters. The Morgan fingerprint density at radius 2 is 1.62 bits per heavy atom. The number of benzene rings is 3. The molecule has 0 unspecified atom stereocenters. The van der Waals surface area contributed by atoms with E-state index in [1.54, 1.807) is 42.5 Å². The summed E-state index contributed by atoms with van der Waals surface area (Å²) < 4.78 is 66.4. The van der Waals surface area contributed by atoms with E-state index in [-0.39, 0.29) is 18.0 Å². The molecule has 0 spiro atoms. The minimum Gasteiger partial charge on any atom is -0.357 e.